The molecule has 0 radical (unpaired) electrons. The zero-order valence-corrected chi connectivity index (χ0v) is 11.4. The number of nitrogens with zero attached hydrogens (tertiary/aromatic N) is 2. The summed E-state index contributed by atoms with van der Waals surface area (Å²) in [6, 6.07) is 8.55. The fourth-order valence-corrected chi connectivity index (χ4v) is 2.05. The Morgan fingerprint density at radius 3 is 3.00 bits per heavy atom. The highest BCUT2D eigenvalue weighted by molar-refractivity contribution is 6.05. The van der Waals surface area contributed by atoms with Gasteiger partial charge in [0.05, 0.1) is 11.3 Å². The summed E-state index contributed by atoms with van der Waals surface area (Å²) in [6.45, 7) is 0.0326. The number of amides is 2. The molecule has 6 nitrogen and oxygen atoms in total. The van der Waals surface area contributed by atoms with Crippen LogP contribution in [0.2, 0.25) is 0 Å². The minimum Gasteiger partial charge on any atom is -0.482 e. The highest BCUT2D eigenvalue weighted by Crippen LogP contribution is 2.33. The van der Waals surface area contributed by atoms with Crippen LogP contribution in [0.1, 0.15) is 10.4 Å². The number of hydrogen-bond donors (Lipinski definition) is 1. The Labute approximate surface area is 121 Å². The smallest absolute Gasteiger partial charge is 0.264 e. The first-order valence-corrected chi connectivity index (χ1v) is 6.40. The molecule has 0 saturated heterocycles. The number of aromatic nitrogens is 1. The van der Waals surface area contributed by atoms with E-state index in [9.17, 15) is 9.59 Å². The van der Waals surface area contributed by atoms with Crippen molar-refractivity contribution in [3.8, 4) is 5.75 Å². The molecule has 1 aromatic carbocycles. The molecule has 0 atom stereocenters. The number of nitrogens with one attached hydrogen (secondary N) is 1. The summed E-state index contributed by atoms with van der Waals surface area (Å²) in [4.78, 5) is 29.1. The van der Waals surface area contributed by atoms with Gasteiger partial charge in [0.25, 0.3) is 11.8 Å². The molecule has 106 valence electrons. The number of anilines is 2. The number of ether oxygens (including phenoxy) is 1. The van der Waals surface area contributed by atoms with Gasteiger partial charge in [-0.25, -0.2) is 0 Å². The Balaban J connectivity index is 1.84. The Morgan fingerprint density at radius 1 is 1.38 bits per heavy atom. The summed E-state index contributed by atoms with van der Waals surface area (Å²) >= 11 is 0. The normalized spacial score (nSPS) is 13.4. The van der Waals surface area contributed by atoms with Gasteiger partial charge in [-0.2, -0.15) is 0 Å². The first-order valence-electron chi connectivity index (χ1n) is 6.40. The van der Waals surface area contributed by atoms with Crippen LogP contribution >= 0.6 is 0 Å². The topological polar surface area (TPSA) is 71.5 Å². The van der Waals surface area contributed by atoms with E-state index in [2.05, 4.69) is 10.3 Å². The Bertz CT molecular complexity index is 701. The number of fused-ring (bicyclic) bond motifs is 1. The lowest BCUT2D eigenvalue weighted by Gasteiger charge is -2.26. The van der Waals surface area contributed by atoms with Gasteiger partial charge < -0.3 is 15.0 Å². The molecule has 0 fully saturated rings. The van der Waals surface area contributed by atoms with Crippen molar-refractivity contribution in [1.29, 1.82) is 0 Å². The van der Waals surface area contributed by atoms with E-state index >= 15 is 0 Å². The number of likely N-dealkylation sites (N-methyl/N-ethyl adjacent to an activating group) is 1. The molecular formula is C15H13N3O3. The molecule has 2 amide bonds. The fraction of sp³-hybridized carbons (Fsp3) is 0.133. The van der Waals surface area contributed by atoms with Crippen LogP contribution < -0.4 is 15.0 Å². The summed E-state index contributed by atoms with van der Waals surface area (Å²) in [5, 5.41) is 2.77. The second-order valence-electron chi connectivity index (χ2n) is 4.62. The van der Waals surface area contributed by atoms with E-state index in [0.29, 0.717) is 22.7 Å². The highest BCUT2D eigenvalue weighted by Gasteiger charge is 2.22. The predicted octanol–water partition coefficient (Wildman–Crippen LogP) is 1.69. The summed E-state index contributed by atoms with van der Waals surface area (Å²) in [7, 11) is 1.68. The van der Waals surface area contributed by atoms with E-state index in [4.69, 9.17) is 4.74 Å². The average Bonchev–Trinajstić information content (AvgIpc) is 2.52. The lowest BCUT2D eigenvalue weighted by atomic mass is 10.2. The standard InChI is InChI=1S/C15H13N3O3/c1-18-12-7-11(4-5-13(12)21-9-14(18)19)17-15(20)10-3-2-6-16-8-10/h2-8H,9H2,1H3,(H,17,20). The third kappa shape index (κ3) is 2.55. The van der Waals surface area contributed by atoms with Crippen molar-refractivity contribution >= 4 is 23.2 Å². The molecule has 0 unspecified atom stereocenters. The molecule has 0 bridgehead atoms. The predicted molar refractivity (Wildman–Crippen MR) is 77.5 cm³/mol. The zero-order valence-electron chi connectivity index (χ0n) is 11.4. The van der Waals surface area contributed by atoms with Crippen molar-refractivity contribution in [1.82, 2.24) is 4.98 Å². The van der Waals surface area contributed by atoms with E-state index < -0.39 is 0 Å². The molecule has 1 aromatic heterocycles. The first kappa shape index (κ1) is 13.1. The van der Waals surface area contributed by atoms with Crippen LogP contribution in [0.3, 0.4) is 0 Å². The molecule has 1 aliphatic rings. The minimum atomic E-state index is -0.256. The summed E-state index contributed by atoms with van der Waals surface area (Å²) in [5.41, 5.74) is 1.69. The molecular weight excluding hydrogens is 270 g/mol. The summed E-state index contributed by atoms with van der Waals surface area (Å²) in [6.07, 6.45) is 3.10. The second-order valence-corrected chi connectivity index (χ2v) is 4.62. The zero-order chi connectivity index (χ0) is 14.8. The first-order chi connectivity index (χ1) is 10.1. The third-order valence-electron chi connectivity index (χ3n) is 3.23. The maximum Gasteiger partial charge on any atom is 0.264 e. The van der Waals surface area contributed by atoms with Crippen LogP contribution in [0.25, 0.3) is 0 Å². The van der Waals surface area contributed by atoms with E-state index in [0.717, 1.165) is 0 Å². The highest BCUT2D eigenvalue weighted by atomic mass is 16.5. The van der Waals surface area contributed by atoms with Crippen LogP contribution in [0.15, 0.2) is 42.7 Å². The number of pyridine rings is 1. The van der Waals surface area contributed by atoms with Crippen LogP contribution in [-0.4, -0.2) is 30.5 Å². The largest absolute Gasteiger partial charge is 0.482 e. The van der Waals surface area contributed by atoms with Gasteiger partial charge in [-0.15, -0.1) is 0 Å². The van der Waals surface area contributed by atoms with Crippen molar-refractivity contribution in [2.45, 2.75) is 0 Å². The van der Waals surface area contributed by atoms with E-state index in [-0.39, 0.29) is 18.4 Å². The van der Waals surface area contributed by atoms with E-state index in [1.165, 1.54) is 11.1 Å². The Kier molecular flexibility index (Phi) is 3.27. The van der Waals surface area contributed by atoms with Crippen molar-refractivity contribution in [2.24, 2.45) is 0 Å². The summed E-state index contributed by atoms with van der Waals surface area (Å²) < 4.78 is 5.34. The van der Waals surface area contributed by atoms with Crippen molar-refractivity contribution < 1.29 is 14.3 Å². The fourth-order valence-electron chi connectivity index (χ4n) is 2.05. The quantitative estimate of drug-likeness (QED) is 0.910. The molecule has 2 aromatic rings. The van der Waals surface area contributed by atoms with Crippen LogP contribution in [0.5, 0.6) is 5.75 Å². The molecule has 0 aliphatic carbocycles. The third-order valence-corrected chi connectivity index (χ3v) is 3.23. The van der Waals surface area contributed by atoms with Gasteiger partial charge in [0.15, 0.2) is 6.61 Å². The molecule has 0 saturated carbocycles. The Hall–Kier alpha value is -2.89. The number of carbonyl (C=O) groups excluding carboxylic acids is 2. The number of benzene rings is 1. The second kappa shape index (κ2) is 5.24. The van der Waals surface area contributed by atoms with E-state index in [1.54, 1.807) is 43.6 Å². The van der Waals surface area contributed by atoms with Crippen LogP contribution in [0, 0.1) is 0 Å². The maximum atomic E-state index is 12.1. The average molecular weight is 283 g/mol. The van der Waals surface area contributed by atoms with Crippen LogP contribution in [0.4, 0.5) is 11.4 Å². The van der Waals surface area contributed by atoms with Crippen molar-refractivity contribution in [3.05, 3.63) is 48.3 Å². The molecule has 1 N–H and O–H groups in total. The van der Waals surface area contributed by atoms with Crippen molar-refractivity contribution in [2.75, 3.05) is 23.9 Å². The van der Waals surface area contributed by atoms with Gasteiger partial charge >= 0.3 is 0 Å². The minimum absolute atomic E-state index is 0.0326. The molecule has 0 spiro atoms. The van der Waals surface area contributed by atoms with E-state index in [1.807, 2.05) is 0 Å². The SMILES string of the molecule is CN1C(=O)COc2ccc(NC(=O)c3cccnc3)cc21. The summed E-state index contributed by atoms with van der Waals surface area (Å²) in [5.74, 6) is 0.239. The van der Waals surface area contributed by atoms with Crippen LogP contribution in [-0.2, 0) is 4.79 Å². The number of carbonyl (C=O) groups is 2. The Morgan fingerprint density at radius 2 is 2.24 bits per heavy atom. The lowest BCUT2D eigenvalue weighted by molar-refractivity contribution is -0.120. The van der Waals surface area contributed by atoms with Gasteiger partial charge in [-0.1, -0.05) is 0 Å². The number of hydrogen-bond acceptors (Lipinski definition) is 4. The van der Waals surface area contributed by atoms with Crippen molar-refractivity contribution in [3.63, 3.8) is 0 Å². The van der Waals surface area contributed by atoms with Gasteiger partial charge in [0.2, 0.25) is 0 Å². The molecule has 3 rings (SSSR count). The maximum absolute atomic E-state index is 12.1. The van der Waals surface area contributed by atoms with Gasteiger partial charge in [0.1, 0.15) is 5.75 Å². The molecule has 2 heterocycles. The molecule has 1 aliphatic heterocycles. The van der Waals surface area contributed by atoms with Gasteiger partial charge in [0, 0.05) is 25.1 Å². The molecule has 21 heavy (non-hydrogen) atoms. The van der Waals surface area contributed by atoms with Gasteiger partial charge in [-0.3, -0.25) is 14.6 Å². The lowest BCUT2D eigenvalue weighted by Crippen LogP contribution is -2.35. The number of rotatable bonds is 2. The molecule has 6 heteroatoms. The van der Waals surface area contributed by atoms with Gasteiger partial charge in [-0.05, 0) is 30.3 Å². The monoisotopic (exact) mass is 283 g/mol.